The molecule has 5 nitrogen and oxygen atoms in total. The zero-order valence-electron chi connectivity index (χ0n) is 10.2. The summed E-state index contributed by atoms with van der Waals surface area (Å²) in [4.78, 5) is 22.9. The second kappa shape index (κ2) is 6.79. The van der Waals surface area contributed by atoms with E-state index in [1.165, 1.54) is 0 Å². The van der Waals surface area contributed by atoms with E-state index in [9.17, 15) is 18.4 Å². The summed E-state index contributed by atoms with van der Waals surface area (Å²) in [6.45, 7) is 1.42. The average Bonchev–Trinajstić information content (AvgIpc) is 2.38. The monoisotopic (exact) mass is 272 g/mol. The van der Waals surface area contributed by atoms with Gasteiger partial charge in [-0.05, 0) is 18.6 Å². The highest BCUT2D eigenvalue weighted by molar-refractivity contribution is 6.39. The third kappa shape index (κ3) is 4.29. The van der Waals surface area contributed by atoms with Gasteiger partial charge in [0.1, 0.15) is 11.6 Å². The first kappa shape index (κ1) is 15.0. The van der Waals surface area contributed by atoms with E-state index in [2.05, 4.69) is 5.32 Å². The smallest absolute Gasteiger partial charge is 0.313 e. The van der Waals surface area contributed by atoms with Crippen LogP contribution in [0.5, 0.6) is 0 Å². The summed E-state index contributed by atoms with van der Waals surface area (Å²) in [7, 11) is 0. The Kier molecular flexibility index (Phi) is 5.37. The first-order valence-electron chi connectivity index (χ1n) is 5.65. The predicted octanol–water partition coefficient (Wildman–Crippen LogP) is 0.790. The largest absolute Gasteiger partial charge is 0.394 e. The maximum atomic E-state index is 13.2. The summed E-state index contributed by atoms with van der Waals surface area (Å²) in [5.74, 6) is -3.84. The number of nitrogens with one attached hydrogen (secondary N) is 2. The zero-order chi connectivity index (χ0) is 14.4. The molecule has 19 heavy (non-hydrogen) atoms. The molecule has 0 aliphatic rings. The van der Waals surface area contributed by atoms with Crippen LogP contribution in [-0.2, 0) is 9.59 Å². The Balaban J connectivity index is 2.66. The molecule has 7 heteroatoms. The molecule has 0 saturated heterocycles. The molecule has 0 aromatic heterocycles. The van der Waals surface area contributed by atoms with Crippen LogP contribution in [0.2, 0.25) is 0 Å². The van der Waals surface area contributed by atoms with Crippen LogP contribution in [0, 0.1) is 11.6 Å². The first-order chi connectivity index (χ1) is 8.97. The van der Waals surface area contributed by atoms with Gasteiger partial charge in [-0.2, -0.15) is 0 Å². The van der Waals surface area contributed by atoms with Gasteiger partial charge in [-0.1, -0.05) is 6.92 Å². The topological polar surface area (TPSA) is 78.4 Å². The molecule has 3 N–H and O–H groups in total. The van der Waals surface area contributed by atoms with Crippen molar-refractivity contribution < 1.29 is 23.5 Å². The van der Waals surface area contributed by atoms with E-state index in [-0.39, 0.29) is 12.3 Å². The average molecular weight is 272 g/mol. The van der Waals surface area contributed by atoms with Crippen LogP contribution in [0.25, 0.3) is 0 Å². The SMILES string of the molecule is CCC(CO)NC(=O)C(=O)Nc1ccc(F)cc1F. The van der Waals surface area contributed by atoms with Crippen molar-refractivity contribution in [3.8, 4) is 0 Å². The molecule has 0 aliphatic heterocycles. The van der Waals surface area contributed by atoms with Crippen molar-refractivity contribution in [2.75, 3.05) is 11.9 Å². The number of benzene rings is 1. The molecule has 1 rings (SSSR count). The fourth-order valence-electron chi connectivity index (χ4n) is 1.30. The Labute approximate surface area is 108 Å². The molecule has 0 radical (unpaired) electrons. The van der Waals surface area contributed by atoms with Gasteiger partial charge >= 0.3 is 11.8 Å². The van der Waals surface area contributed by atoms with Gasteiger partial charge in [-0.25, -0.2) is 8.78 Å². The molecule has 2 amide bonds. The van der Waals surface area contributed by atoms with Crippen molar-refractivity contribution in [2.45, 2.75) is 19.4 Å². The molecule has 1 aromatic carbocycles. The fraction of sp³-hybridized carbons (Fsp3) is 0.333. The Morgan fingerprint density at radius 3 is 2.53 bits per heavy atom. The molecule has 0 spiro atoms. The van der Waals surface area contributed by atoms with Crippen molar-refractivity contribution in [3.05, 3.63) is 29.8 Å². The van der Waals surface area contributed by atoms with Crippen LogP contribution in [0.3, 0.4) is 0 Å². The molecule has 104 valence electrons. The van der Waals surface area contributed by atoms with Gasteiger partial charge in [-0.3, -0.25) is 9.59 Å². The highest BCUT2D eigenvalue weighted by Gasteiger charge is 2.18. The van der Waals surface area contributed by atoms with E-state index in [0.29, 0.717) is 12.5 Å². The van der Waals surface area contributed by atoms with E-state index >= 15 is 0 Å². The molecule has 1 unspecified atom stereocenters. The minimum Gasteiger partial charge on any atom is -0.394 e. The number of hydrogen-bond donors (Lipinski definition) is 3. The number of aliphatic hydroxyl groups is 1. The van der Waals surface area contributed by atoms with E-state index in [0.717, 1.165) is 12.1 Å². The zero-order valence-corrected chi connectivity index (χ0v) is 10.2. The summed E-state index contributed by atoms with van der Waals surface area (Å²) in [5.41, 5.74) is -0.293. The number of halogens is 2. The number of rotatable bonds is 4. The third-order valence-corrected chi connectivity index (χ3v) is 2.43. The van der Waals surface area contributed by atoms with Crippen LogP contribution in [-0.4, -0.2) is 29.6 Å². The molecule has 1 aromatic rings. The maximum absolute atomic E-state index is 13.2. The predicted molar refractivity (Wildman–Crippen MR) is 64.3 cm³/mol. The van der Waals surface area contributed by atoms with Gasteiger partial charge in [0.25, 0.3) is 0 Å². The van der Waals surface area contributed by atoms with Gasteiger partial charge < -0.3 is 15.7 Å². The summed E-state index contributed by atoms with van der Waals surface area (Å²) >= 11 is 0. The van der Waals surface area contributed by atoms with Gasteiger partial charge in [0.15, 0.2) is 0 Å². The lowest BCUT2D eigenvalue weighted by molar-refractivity contribution is -0.136. The first-order valence-corrected chi connectivity index (χ1v) is 5.65. The number of anilines is 1. The lowest BCUT2D eigenvalue weighted by Gasteiger charge is -2.13. The highest BCUT2D eigenvalue weighted by atomic mass is 19.1. The lowest BCUT2D eigenvalue weighted by Crippen LogP contribution is -2.43. The third-order valence-electron chi connectivity index (χ3n) is 2.43. The van der Waals surface area contributed by atoms with Crippen molar-refractivity contribution in [1.82, 2.24) is 5.32 Å². The number of carbonyl (C=O) groups excluding carboxylic acids is 2. The summed E-state index contributed by atoms with van der Waals surface area (Å²) in [5, 5.41) is 13.2. The summed E-state index contributed by atoms with van der Waals surface area (Å²) in [6.07, 6.45) is 0.445. The normalized spacial score (nSPS) is 11.8. The van der Waals surface area contributed by atoms with E-state index in [1.807, 2.05) is 5.32 Å². The molecule has 0 bridgehead atoms. The van der Waals surface area contributed by atoms with E-state index < -0.39 is 29.5 Å². The van der Waals surface area contributed by atoms with Crippen molar-refractivity contribution in [3.63, 3.8) is 0 Å². The quantitative estimate of drug-likeness (QED) is 0.709. The molecule has 1 atom stereocenters. The van der Waals surface area contributed by atoms with E-state index in [1.54, 1.807) is 6.92 Å². The Hall–Kier alpha value is -2.02. The molecule has 0 aliphatic carbocycles. The molecular formula is C12H14F2N2O3. The second-order valence-electron chi connectivity index (χ2n) is 3.84. The van der Waals surface area contributed by atoms with Crippen molar-refractivity contribution >= 4 is 17.5 Å². The van der Waals surface area contributed by atoms with Crippen LogP contribution in [0.4, 0.5) is 14.5 Å². The lowest BCUT2D eigenvalue weighted by atomic mass is 10.2. The van der Waals surface area contributed by atoms with Gasteiger partial charge in [0.05, 0.1) is 18.3 Å². The highest BCUT2D eigenvalue weighted by Crippen LogP contribution is 2.14. The van der Waals surface area contributed by atoms with Crippen LogP contribution < -0.4 is 10.6 Å². The Bertz CT molecular complexity index is 476. The number of hydrogen-bond acceptors (Lipinski definition) is 3. The number of amides is 2. The number of carbonyl (C=O) groups is 2. The molecule has 0 saturated carbocycles. The second-order valence-corrected chi connectivity index (χ2v) is 3.84. The minimum absolute atomic E-state index is 0.293. The maximum Gasteiger partial charge on any atom is 0.313 e. The summed E-state index contributed by atoms with van der Waals surface area (Å²) in [6, 6.07) is 2.02. The van der Waals surface area contributed by atoms with Crippen molar-refractivity contribution in [1.29, 1.82) is 0 Å². The van der Waals surface area contributed by atoms with E-state index in [4.69, 9.17) is 5.11 Å². The standard InChI is InChI=1S/C12H14F2N2O3/c1-2-8(6-17)15-11(18)12(19)16-10-4-3-7(13)5-9(10)14/h3-5,8,17H,2,6H2,1H3,(H,15,18)(H,16,19). The van der Waals surface area contributed by atoms with Crippen molar-refractivity contribution in [2.24, 2.45) is 0 Å². The van der Waals surface area contributed by atoms with Crippen LogP contribution >= 0.6 is 0 Å². The Morgan fingerprint density at radius 2 is 2.00 bits per heavy atom. The van der Waals surface area contributed by atoms with Gasteiger partial charge in [0, 0.05) is 6.07 Å². The van der Waals surface area contributed by atoms with Crippen LogP contribution in [0.15, 0.2) is 18.2 Å². The van der Waals surface area contributed by atoms with Crippen LogP contribution in [0.1, 0.15) is 13.3 Å². The fourth-order valence-corrected chi connectivity index (χ4v) is 1.30. The minimum atomic E-state index is -1.09. The Morgan fingerprint density at radius 1 is 1.32 bits per heavy atom. The molecular weight excluding hydrogens is 258 g/mol. The number of aliphatic hydroxyl groups excluding tert-OH is 1. The van der Waals surface area contributed by atoms with Gasteiger partial charge in [0.2, 0.25) is 0 Å². The molecule has 0 heterocycles. The summed E-state index contributed by atoms with van der Waals surface area (Å²) < 4.78 is 25.9. The molecule has 0 fully saturated rings. The van der Waals surface area contributed by atoms with Gasteiger partial charge in [-0.15, -0.1) is 0 Å².